The van der Waals surface area contributed by atoms with Crippen LogP contribution in [-0.4, -0.2) is 23.5 Å². The molecule has 1 saturated heterocycles. The number of amides is 1. The topological polar surface area (TPSA) is 63.2 Å². The second-order valence-electron chi connectivity index (χ2n) is 2.83. The van der Waals surface area contributed by atoms with Gasteiger partial charge in [0.2, 0.25) is 0 Å². The molecule has 1 fully saturated rings. The highest BCUT2D eigenvalue weighted by Gasteiger charge is 2.25. The van der Waals surface area contributed by atoms with Crippen LogP contribution >= 0.6 is 15.9 Å². The number of pyridine rings is 1. The lowest BCUT2D eigenvalue weighted by Crippen LogP contribution is -2.30. The van der Waals surface area contributed by atoms with Gasteiger partial charge in [-0.3, -0.25) is 14.6 Å². The summed E-state index contributed by atoms with van der Waals surface area (Å²) >= 11 is 3.33. The highest BCUT2D eigenvalue weighted by Crippen LogP contribution is 2.21. The van der Waals surface area contributed by atoms with Gasteiger partial charge in [0, 0.05) is 12.4 Å². The van der Waals surface area contributed by atoms with Crippen LogP contribution in [0.1, 0.15) is 0 Å². The van der Waals surface area contributed by atoms with E-state index in [2.05, 4.69) is 31.7 Å². The zero-order chi connectivity index (χ0) is 9.97. The monoisotopic (exact) mass is 257 g/mol. The predicted molar refractivity (Wildman–Crippen MR) is 53.4 cm³/mol. The van der Waals surface area contributed by atoms with Crippen LogP contribution in [0.25, 0.3) is 0 Å². The van der Waals surface area contributed by atoms with Gasteiger partial charge in [0.25, 0.3) is 5.91 Å². The first-order valence-electron chi connectivity index (χ1n) is 4.05. The molecule has 1 aliphatic heterocycles. The van der Waals surface area contributed by atoms with Gasteiger partial charge in [0.15, 0.2) is 0 Å². The minimum atomic E-state index is -0.339. The van der Waals surface area contributed by atoms with E-state index in [0.717, 1.165) is 10.2 Å². The molecule has 14 heavy (non-hydrogen) atoms. The van der Waals surface area contributed by atoms with Gasteiger partial charge in [-0.05, 0) is 22.0 Å². The molecule has 6 heteroatoms. The van der Waals surface area contributed by atoms with Crippen LogP contribution in [-0.2, 0) is 9.63 Å². The summed E-state index contributed by atoms with van der Waals surface area (Å²) in [5.74, 6) is -0.159. The second-order valence-corrected chi connectivity index (χ2v) is 3.68. The lowest BCUT2D eigenvalue weighted by molar-refractivity contribution is -0.124. The molecule has 2 rings (SSSR count). The highest BCUT2D eigenvalue weighted by atomic mass is 79.9. The number of hydrogen-bond acceptors (Lipinski definition) is 4. The van der Waals surface area contributed by atoms with Crippen molar-refractivity contribution in [3.63, 3.8) is 0 Å². The van der Waals surface area contributed by atoms with Gasteiger partial charge in [-0.15, -0.1) is 0 Å². The van der Waals surface area contributed by atoms with Crippen LogP contribution < -0.4 is 10.8 Å². The number of carbonyl (C=O) groups excluding carboxylic acids is 1. The van der Waals surface area contributed by atoms with Gasteiger partial charge in [0.05, 0.1) is 10.2 Å². The number of hydroxylamine groups is 1. The molecule has 0 bridgehead atoms. The predicted octanol–water partition coefficient (Wildman–Crippen LogP) is 0.686. The maximum atomic E-state index is 11.2. The summed E-state index contributed by atoms with van der Waals surface area (Å²) < 4.78 is 0.819. The first-order chi connectivity index (χ1) is 6.77. The molecule has 2 N–H and O–H groups in total. The quantitative estimate of drug-likeness (QED) is 0.819. The van der Waals surface area contributed by atoms with Gasteiger partial charge in [-0.25, -0.2) is 5.48 Å². The SMILES string of the molecule is O=C1NOCC1Nc1ccncc1Br. The molecule has 2 heterocycles. The Morgan fingerprint density at radius 3 is 3.21 bits per heavy atom. The Hall–Kier alpha value is -1.14. The molecule has 1 amide bonds. The minimum Gasteiger partial charge on any atom is -0.371 e. The Morgan fingerprint density at radius 2 is 2.57 bits per heavy atom. The average molecular weight is 258 g/mol. The second kappa shape index (κ2) is 3.93. The fourth-order valence-electron chi connectivity index (χ4n) is 1.13. The van der Waals surface area contributed by atoms with Crippen LogP contribution in [0, 0.1) is 0 Å². The van der Waals surface area contributed by atoms with Crippen molar-refractivity contribution in [2.75, 3.05) is 11.9 Å². The van der Waals surface area contributed by atoms with Crippen molar-refractivity contribution in [3.8, 4) is 0 Å². The maximum absolute atomic E-state index is 11.2. The summed E-state index contributed by atoms with van der Waals surface area (Å²) in [7, 11) is 0. The lowest BCUT2D eigenvalue weighted by Gasteiger charge is -2.10. The van der Waals surface area contributed by atoms with Gasteiger partial charge in [0.1, 0.15) is 12.6 Å². The molecule has 0 aliphatic carbocycles. The van der Waals surface area contributed by atoms with E-state index in [4.69, 9.17) is 4.84 Å². The molecule has 1 aliphatic rings. The molecule has 1 unspecified atom stereocenters. The number of aromatic nitrogens is 1. The Balaban J connectivity index is 2.10. The Morgan fingerprint density at radius 1 is 1.71 bits per heavy atom. The number of hydrogen-bond donors (Lipinski definition) is 2. The molecule has 0 aromatic carbocycles. The molecule has 5 nitrogen and oxygen atoms in total. The molecule has 1 aromatic rings. The third kappa shape index (κ3) is 1.85. The van der Waals surface area contributed by atoms with Crippen LogP contribution in [0.5, 0.6) is 0 Å². The smallest absolute Gasteiger partial charge is 0.268 e. The van der Waals surface area contributed by atoms with E-state index in [9.17, 15) is 4.79 Å². The van der Waals surface area contributed by atoms with Gasteiger partial charge >= 0.3 is 0 Å². The van der Waals surface area contributed by atoms with E-state index in [1.807, 2.05) is 0 Å². The summed E-state index contributed by atoms with van der Waals surface area (Å²) in [6.07, 6.45) is 3.32. The standard InChI is InChI=1S/C8H8BrN3O2/c9-5-3-10-2-1-6(5)11-7-4-14-12-8(7)13/h1-3,7H,4H2,(H,10,11)(H,12,13). The summed E-state index contributed by atoms with van der Waals surface area (Å²) in [6.45, 7) is 0.327. The number of anilines is 1. The zero-order valence-corrected chi connectivity index (χ0v) is 8.74. The third-order valence-corrected chi connectivity index (χ3v) is 2.47. The number of rotatable bonds is 2. The molecular formula is C8H8BrN3O2. The Bertz CT molecular complexity index is 358. The first kappa shape index (κ1) is 9.42. The van der Waals surface area contributed by atoms with Crippen LogP contribution in [0.2, 0.25) is 0 Å². The zero-order valence-electron chi connectivity index (χ0n) is 7.16. The van der Waals surface area contributed by atoms with Crippen molar-refractivity contribution in [3.05, 3.63) is 22.9 Å². The Kier molecular flexibility index (Phi) is 2.64. The lowest BCUT2D eigenvalue weighted by atomic mass is 10.3. The summed E-state index contributed by atoms with van der Waals surface area (Å²) in [5.41, 5.74) is 3.10. The number of nitrogens with one attached hydrogen (secondary N) is 2. The first-order valence-corrected chi connectivity index (χ1v) is 4.84. The molecule has 1 atom stereocenters. The van der Waals surface area contributed by atoms with E-state index < -0.39 is 0 Å². The van der Waals surface area contributed by atoms with Crippen LogP contribution in [0.3, 0.4) is 0 Å². The number of nitrogens with zero attached hydrogens (tertiary/aromatic N) is 1. The van der Waals surface area contributed by atoms with E-state index in [0.29, 0.717) is 6.61 Å². The highest BCUT2D eigenvalue weighted by molar-refractivity contribution is 9.10. The molecular weight excluding hydrogens is 250 g/mol. The number of halogens is 1. The summed E-state index contributed by atoms with van der Waals surface area (Å²) in [5, 5.41) is 3.03. The summed E-state index contributed by atoms with van der Waals surface area (Å²) in [4.78, 5) is 19.9. The van der Waals surface area contributed by atoms with E-state index >= 15 is 0 Å². The van der Waals surface area contributed by atoms with Crippen molar-refractivity contribution in [2.24, 2.45) is 0 Å². The van der Waals surface area contributed by atoms with Gasteiger partial charge in [-0.1, -0.05) is 0 Å². The minimum absolute atomic E-state index is 0.159. The number of carbonyl (C=O) groups is 1. The normalized spacial score (nSPS) is 20.6. The van der Waals surface area contributed by atoms with Crippen LogP contribution in [0.4, 0.5) is 5.69 Å². The van der Waals surface area contributed by atoms with Crippen molar-refractivity contribution in [1.29, 1.82) is 0 Å². The largest absolute Gasteiger partial charge is 0.371 e. The molecule has 0 saturated carbocycles. The fourth-order valence-corrected chi connectivity index (χ4v) is 1.49. The fraction of sp³-hybridized carbons (Fsp3) is 0.250. The van der Waals surface area contributed by atoms with Crippen molar-refractivity contribution in [1.82, 2.24) is 10.5 Å². The van der Waals surface area contributed by atoms with E-state index in [1.165, 1.54) is 0 Å². The molecule has 0 radical (unpaired) electrons. The van der Waals surface area contributed by atoms with Crippen LogP contribution in [0.15, 0.2) is 22.9 Å². The Labute approximate surface area is 88.9 Å². The molecule has 1 aromatic heterocycles. The third-order valence-electron chi connectivity index (χ3n) is 1.84. The molecule has 74 valence electrons. The summed E-state index contributed by atoms with van der Waals surface area (Å²) in [6, 6.07) is 1.45. The van der Waals surface area contributed by atoms with Gasteiger partial charge in [-0.2, -0.15) is 0 Å². The maximum Gasteiger partial charge on any atom is 0.268 e. The van der Waals surface area contributed by atoms with E-state index in [1.54, 1.807) is 18.5 Å². The van der Waals surface area contributed by atoms with Gasteiger partial charge < -0.3 is 5.32 Å². The molecule has 0 spiro atoms. The van der Waals surface area contributed by atoms with Crippen molar-refractivity contribution >= 4 is 27.5 Å². The van der Waals surface area contributed by atoms with Crippen molar-refractivity contribution in [2.45, 2.75) is 6.04 Å². The van der Waals surface area contributed by atoms with E-state index in [-0.39, 0.29) is 11.9 Å². The van der Waals surface area contributed by atoms with Crippen molar-refractivity contribution < 1.29 is 9.63 Å². The average Bonchev–Trinajstić information content (AvgIpc) is 2.56.